The van der Waals surface area contributed by atoms with Crippen LogP contribution in [0, 0.1) is 0 Å². The van der Waals surface area contributed by atoms with Gasteiger partial charge in [-0.05, 0) is 12.3 Å². The monoisotopic (exact) mass is 290 g/mol. The van der Waals surface area contributed by atoms with Crippen molar-refractivity contribution < 1.29 is 19.3 Å². The van der Waals surface area contributed by atoms with Crippen molar-refractivity contribution in [2.45, 2.75) is 13.0 Å². The Bertz CT molecular complexity index is 566. The molecule has 1 atom stereocenters. The van der Waals surface area contributed by atoms with Crippen LogP contribution in [0.5, 0.6) is 5.75 Å². The minimum Gasteiger partial charge on any atom is -0.490 e. The van der Waals surface area contributed by atoms with Gasteiger partial charge < -0.3 is 19.3 Å². The van der Waals surface area contributed by atoms with E-state index in [2.05, 4.69) is 0 Å². The molecular formula is C17H22O4. The Kier molecular flexibility index (Phi) is 5.99. The standard InChI is InChI=1S/C17H22O4/c1-13(18)15-8-7-14-5-3-4-6-16(14)17(15)21-12-11-20-10-9-19-2/h3-8,13,18H,9-12H2,1-2H3. The molecular weight excluding hydrogens is 268 g/mol. The summed E-state index contributed by atoms with van der Waals surface area (Å²) in [5.74, 6) is 0.735. The molecule has 4 heteroatoms. The van der Waals surface area contributed by atoms with E-state index in [9.17, 15) is 5.11 Å². The van der Waals surface area contributed by atoms with Crippen LogP contribution in [0.1, 0.15) is 18.6 Å². The molecule has 2 aromatic carbocycles. The zero-order chi connectivity index (χ0) is 15.1. The molecule has 0 bridgehead atoms. The molecule has 0 radical (unpaired) electrons. The van der Waals surface area contributed by atoms with Gasteiger partial charge in [-0.2, -0.15) is 0 Å². The van der Waals surface area contributed by atoms with Gasteiger partial charge >= 0.3 is 0 Å². The van der Waals surface area contributed by atoms with E-state index in [0.29, 0.717) is 26.4 Å². The number of aliphatic hydroxyl groups is 1. The second kappa shape index (κ2) is 7.98. The third-order valence-corrected chi connectivity index (χ3v) is 3.27. The fraction of sp³-hybridized carbons (Fsp3) is 0.412. The molecule has 0 fully saturated rings. The van der Waals surface area contributed by atoms with E-state index in [1.54, 1.807) is 14.0 Å². The topological polar surface area (TPSA) is 47.9 Å². The van der Waals surface area contributed by atoms with Crippen molar-refractivity contribution in [1.29, 1.82) is 0 Å². The smallest absolute Gasteiger partial charge is 0.133 e. The van der Waals surface area contributed by atoms with E-state index < -0.39 is 6.10 Å². The Morgan fingerprint density at radius 1 is 1.00 bits per heavy atom. The van der Waals surface area contributed by atoms with Crippen LogP contribution in [0.25, 0.3) is 10.8 Å². The number of hydrogen-bond acceptors (Lipinski definition) is 4. The minimum atomic E-state index is -0.570. The van der Waals surface area contributed by atoms with Crippen LogP contribution in [0.2, 0.25) is 0 Å². The van der Waals surface area contributed by atoms with Crippen LogP contribution in [0.3, 0.4) is 0 Å². The van der Waals surface area contributed by atoms with Gasteiger partial charge in [-0.15, -0.1) is 0 Å². The van der Waals surface area contributed by atoms with Crippen LogP contribution in [0.15, 0.2) is 36.4 Å². The van der Waals surface area contributed by atoms with Crippen molar-refractivity contribution in [3.8, 4) is 5.75 Å². The lowest BCUT2D eigenvalue weighted by Crippen LogP contribution is -2.11. The van der Waals surface area contributed by atoms with Crippen LogP contribution in [0.4, 0.5) is 0 Å². The first-order valence-electron chi connectivity index (χ1n) is 7.13. The summed E-state index contributed by atoms with van der Waals surface area (Å²) < 4.78 is 16.2. The molecule has 1 N–H and O–H groups in total. The summed E-state index contributed by atoms with van der Waals surface area (Å²) in [5.41, 5.74) is 0.797. The predicted molar refractivity (Wildman–Crippen MR) is 82.8 cm³/mol. The Labute approximate surface area is 125 Å². The second-order valence-corrected chi connectivity index (χ2v) is 4.83. The number of ether oxygens (including phenoxy) is 3. The quantitative estimate of drug-likeness (QED) is 0.759. The van der Waals surface area contributed by atoms with Crippen LogP contribution in [-0.4, -0.2) is 38.6 Å². The number of hydrogen-bond donors (Lipinski definition) is 1. The molecule has 0 aliphatic carbocycles. The second-order valence-electron chi connectivity index (χ2n) is 4.83. The lowest BCUT2D eigenvalue weighted by molar-refractivity contribution is 0.0540. The predicted octanol–water partition coefficient (Wildman–Crippen LogP) is 2.93. The average molecular weight is 290 g/mol. The van der Waals surface area contributed by atoms with Crippen molar-refractivity contribution >= 4 is 10.8 Å². The molecule has 4 nitrogen and oxygen atoms in total. The molecule has 0 aromatic heterocycles. The lowest BCUT2D eigenvalue weighted by Gasteiger charge is -2.16. The molecule has 0 aliphatic heterocycles. The van der Waals surface area contributed by atoms with Crippen molar-refractivity contribution in [2.24, 2.45) is 0 Å². The summed E-state index contributed by atoms with van der Waals surface area (Å²) in [6.07, 6.45) is -0.570. The Balaban J connectivity index is 2.10. The Morgan fingerprint density at radius 3 is 2.52 bits per heavy atom. The highest BCUT2D eigenvalue weighted by Crippen LogP contribution is 2.33. The van der Waals surface area contributed by atoms with Gasteiger partial charge in [0.25, 0.3) is 0 Å². The molecule has 2 rings (SSSR count). The lowest BCUT2D eigenvalue weighted by atomic mass is 10.0. The van der Waals surface area contributed by atoms with Gasteiger partial charge in [0.15, 0.2) is 0 Å². The molecule has 0 saturated carbocycles. The van der Waals surface area contributed by atoms with Crippen molar-refractivity contribution in [1.82, 2.24) is 0 Å². The largest absolute Gasteiger partial charge is 0.490 e. The molecule has 21 heavy (non-hydrogen) atoms. The zero-order valence-corrected chi connectivity index (χ0v) is 12.5. The maximum Gasteiger partial charge on any atom is 0.133 e. The number of rotatable bonds is 8. The molecule has 114 valence electrons. The number of aliphatic hydroxyl groups excluding tert-OH is 1. The fourth-order valence-corrected chi connectivity index (χ4v) is 2.20. The van der Waals surface area contributed by atoms with Crippen LogP contribution in [-0.2, 0) is 9.47 Å². The molecule has 0 heterocycles. The highest BCUT2D eigenvalue weighted by molar-refractivity contribution is 5.89. The SMILES string of the molecule is COCCOCCOc1c(C(C)O)ccc2ccccc12. The van der Waals surface area contributed by atoms with Gasteiger partial charge in [0.1, 0.15) is 12.4 Å². The van der Waals surface area contributed by atoms with Gasteiger partial charge in [0.05, 0.1) is 25.9 Å². The summed E-state index contributed by atoms with van der Waals surface area (Å²) in [5, 5.41) is 12.0. The van der Waals surface area contributed by atoms with Gasteiger partial charge in [-0.25, -0.2) is 0 Å². The van der Waals surface area contributed by atoms with E-state index in [1.807, 2.05) is 36.4 Å². The summed E-state index contributed by atoms with van der Waals surface area (Å²) >= 11 is 0. The number of fused-ring (bicyclic) bond motifs is 1. The van der Waals surface area contributed by atoms with Crippen molar-refractivity contribution in [3.63, 3.8) is 0 Å². The van der Waals surface area contributed by atoms with Gasteiger partial charge in [-0.1, -0.05) is 36.4 Å². The highest BCUT2D eigenvalue weighted by Gasteiger charge is 2.12. The van der Waals surface area contributed by atoms with E-state index in [-0.39, 0.29) is 0 Å². The summed E-state index contributed by atoms with van der Waals surface area (Å²) in [4.78, 5) is 0. The highest BCUT2D eigenvalue weighted by atomic mass is 16.5. The molecule has 0 saturated heterocycles. The fourth-order valence-electron chi connectivity index (χ4n) is 2.20. The molecule has 1 unspecified atom stereocenters. The zero-order valence-electron chi connectivity index (χ0n) is 12.5. The van der Waals surface area contributed by atoms with Gasteiger partial charge in [-0.3, -0.25) is 0 Å². The van der Waals surface area contributed by atoms with Gasteiger partial charge in [0.2, 0.25) is 0 Å². The minimum absolute atomic E-state index is 0.442. The maximum absolute atomic E-state index is 9.91. The maximum atomic E-state index is 9.91. The molecule has 2 aromatic rings. The van der Waals surface area contributed by atoms with E-state index in [0.717, 1.165) is 22.1 Å². The summed E-state index contributed by atoms with van der Waals surface area (Å²) in [6.45, 7) is 3.81. The Morgan fingerprint density at radius 2 is 1.76 bits per heavy atom. The molecule has 0 amide bonds. The number of benzene rings is 2. The first-order chi connectivity index (χ1) is 10.2. The van der Waals surface area contributed by atoms with E-state index >= 15 is 0 Å². The van der Waals surface area contributed by atoms with E-state index in [4.69, 9.17) is 14.2 Å². The van der Waals surface area contributed by atoms with Crippen molar-refractivity contribution in [3.05, 3.63) is 42.0 Å². The first kappa shape index (κ1) is 15.8. The number of methoxy groups -OCH3 is 1. The normalized spacial score (nSPS) is 12.5. The van der Waals surface area contributed by atoms with Crippen molar-refractivity contribution in [2.75, 3.05) is 33.5 Å². The summed E-state index contributed by atoms with van der Waals surface area (Å²) in [7, 11) is 1.64. The third kappa shape index (κ3) is 4.17. The first-order valence-corrected chi connectivity index (χ1v) is 7.13. The van der Waals surface area contributed by atoms with Crippen LogP contribution >= 0.6 is 0 Å². The average Bonchev–Trinajstić information content (AvgIpc) is 2.50. The molecule has 0 spiro atoms. The van der Waals surface area contributed by atoms with E-state index in [1.165, 1.54) is 0 Å². The Hall–Kier alpha value is -1.62. The summed E-state index contributed by atoms with van der Waals surface area (Å²) in [6, 6.07) is 11.9. The molecule has 0 aliphatic rings. The third-order valence-electron chi connectivity index (χ3n) is 3.27. The van der Waals surface area contributed by atoms with Crippen LogP contribution < -0.4 is 4.74 Å². The van der Waals surface area contributed by atoms with Gasteiger partial charge in [0, 0.05) is 18.1 Å².